The maximum absolute atomic E-state index is 11.5. The molecule has 3 aliphatic rings. The van der Waals surface area contributed by atoms with Crippen LogP contribution in [0.1, 0.15) is 151 Å². The van der Waals surface area contributed by atoms with Gasteiger partial charge in [0.2, 0.25) is 0 Å². The summed E-state index contributed by atoms with van der Waals surface area (Å²) in [5.41, 5.74) is 11.5. The minimum atomic E-state index is -0.811. The molecular weight excluding hydrogens is 570 g/mol. The zero-order valence-corrected chi connectivity index (χ0v) is 28.5. The van der Waals surface area contributed by atoms with Crippen LogP contribution in [0.25, 0.3) is 0 Å². The number of nitrogens with two attached hydrogens (primary N) is 1. The highest BCUT2D eigenvalue weighted by molar-refractivity contribution is 5.70. The van der Waals surface area contributed by atoms with Crippen LogP contribution in [-0.4, -0.2) is 27.4 Å². The van der Waals surface area contributed by atoms with Crippen molar-refractivity contribution in [1.29, 1.82) is 0 Å². The summed E-state index contributed by atoms with van der Waals surface area (Å²) in [7, 11) is 0. The number of unbranched alkanes of at least 4 members (excludes halogenated alkanes) is 12. The Balaban J connectivity index is 0.873. The van der Waals surface area contributed by atoms with Crippen molar-refractivity contribution in [2.45, 2.75) is 154 Å². The largest absolute Gasteiger partial charge is 0.508 e. The van der Waals surface area contributed by atoms with Crippen molar-refractivity contribution < 1.29 is 20.1 Å². The van der Waals surface area contributed by atoms with E-state index in [-0.39, 0.29) is 17.9 Å². The molecule has 254 valence electrons. The molecule has 2 fully saturated rings. The summed E-state index contributed by atoms with van der Waals surface area (Å²) < 4.78 is 0. The molecule has 0 radical (unpaired) electrons. The number of aryl methyl sites for hydroxylation is 2. The zero-order valence-electron chi connectivity index (χ0n) is 28.5. The number of carbonyl (C=O) groups is 1. The molecule has 0 unspecified atom stereocenters. The van der Waals surface area contributed by atoms with Crippen LogP contribution in [0.5, 0.6) is 5.75 Å². The number of phenols is 1. The molecule has 5 nitrogen and oxygen atoms in total. The highest BCUT2D eigenvalue weighted by Crippen LogP contribution is 2.62. The highest BCUT2D eigenvalue weighted by atomic mass is 16.4. The summed E-state index contributed by atoms with van der Waals surface area (Å²) in [6.45, 7) is 2.40. The van der Waals surface area contributed by atoms with Gasteiger partial charge in [0.25, 0.3) is 0 Å². The van der Waals surface area contributed by atoms with Gasteiger partial charge in [0.05, 0.1) is 12.5 Å². The predicted octanol–water partition coefficient (Wildman–Crippen LogP) is 9.75. The maximum Gasteiger partial charge on any atom is 0.307 e. The van der Waals surface area contributed by atoms with Gasteiger partial charge in [-0.15, -0.1) is 0 Å². The molecule has 3 aliphatic carbocycles. The normalized spacial score (nSPS) is 26.8. The molecule has 2 aromatic carbocycles. The van der Waals surface area contributed by atoms with Gasteiger partial charge in [0.15, 0.2) is 0 Å². The standard InChI is InChI=1S/C41H61NO4/c1-41-22-21-36-35-20-18-34(43)27-31(35)17-19-37(36)38(41)28-32(40(41)46)16-14-12-10-8-6-4-2-3-5-7-9-11-13-15-29-23-30(26-39(44)45)25-33(42)24-29/h18,20,23-25,27,32,36-38,40,43,46H,2-17,19,21-22,26,28,42H2,1H3,(H,44,45)/t32-,36+,37+,38-,40-,41-/m0/s1. The molecule has 0 bridgehead atoms. The van der Waals surface area contributed by atoms with Crippen LogP contribution in [-0.2, 0) is 24.1 Å². The van der Waals surface area contributed by atoms with Crippen molar-refractivity contribution in [1.82, 2.24) is 0 Å². The minimum Gasteiger partial charge on any atom is -0.508 e. The molecular formula is C41H61NO4. The topological polar surface area (TPSA) is 104 Å². The first-order valence-corrected chi connectivity index (χ1v) is 18.8. The Morgan fingerprint density at radius 1 is 0.848 bits per heavy atom. The number of hydrogen-bond acceptors (Lipinski definition) is 4. The Kier molecular flexibility index (Phi) is 12.5. The summed E-state index contributed by atoms with van der Waals surface area (Å²) >= 11 is 0. The van der Waals surface area contributed by atoms with Crippen LogP contribution in [0.3, 0.4) is 0 Å². The average molecular weight is 632 g/mol. The number of fused-ring (bicyclic) bond motifs is 5. The summed E-state index contributed by atoms with van der Waals surface area (Å²) in [5.74, 6) is 2.01. The third kappa shape index (κ3) is 8.88. The van der Waals surface area contributed by atoms with E-state index in [1.165, 1.54) is 114 Å². The van der Waals surface area contributed by atoms with Crippen molar-refractivity contribution >= 4 is 11.7 Å². The van der Waals surface area contributed by atoms with Gasteiger partial charge >= 0.3 is 5.97 Å². The molecule has 0 aromatic heterocycles. The lowest BCUT2D eigenvalue weighted by atomic mass is 9.55. The van der Waals surface area contributed by atoms with Crippen LogP contribution >= 0.6 is 0 Å². The number of nitrogen functional groups attached to an aromatic ring is 1. The number of anilines is 1. The van der Waals surface area contributed by atoms with E-state index >= 15 is 0 Å². The lowest BCUT2D eigenvalue weighted by Gasteiger charge is -2.50. The van der Waals surface area contributed by atoms with Gasteiger partial charge in [-0.3, -0.25) is 4.79 Å². The molecule has 0 aliphatic heterocycles. The molecule has 0 saturated heterocycles. The second kappa shape index (κ2) is 16.5. The first kappa shape index (κ1) is 34.8. The summed E-state index contributed by atoms with van der Waals surface area (Å²) in [5, 5.41) is 30.5. The SMILES string of the molecule is C[C@]12CC[C@@H]3c4ccc(O)cc4CC[C@H]3[C@@H]1C[C@H](CCCCCCCCCCCCCCCc1cc(N)cc(CC(=O)O)c1)[C@@H]2O. The molecule has 2 saturated carbocycles. The van der Waals surface area contributed by atoms with E-state index in [9.17, 15) is 15.0 Å². The number of aliphatic carboxylic acids is 1. The molecule has 0 heterocycles. The highest BCUT2D eigenvalue weighted by Gasteiger charge is 2.57. The van der Waals surface area contributed by atoms with Gasteiger partial charge in [0, 0.05) is 5.69 Å². The number of carboxylic acids is 1. The van der Waals surface area contributed by atoms with Crippen LogP contribution in [0.15, 0.2) is 36.4 Å². The average Bonchev–Trinajstić information content (AvgIpc) is 3.27. The first-order chi connectivity index (χ1) is 22.2. The van der Waals surface area contributed by atoms with E-state index in [0.717, 1.165) is 36.8 Å². The number of hydrogen-bond donors (Lipinski definition) is 4. The van der Waals surface area contributed by atoms with E-state index in [1.54, 1.807) is 6.07 Å². The number of benzene rings is 2. The Hall–Kier alpha value is -2.53. The number of aliphatic hydroxyl groups is 1. The smallest absolute Gasteiger partial charge is 0.307 e. The maximum atomic E-state index is 11.5. The fraction of sp³-hybridized carbons (Fsp3) is 0.683. The van der Waals surface area contributed by atoms with Crippen LogP contribution in [0, 0.1) is 23.2 Å². The fourth-order valence-electron chi connectivity index (χ4n) is 9.89. The van der Waals surface area contributed by atoms with Gasteiger partial charge < -0.3 is 21.1 Å². The van der Waals surface area contributed by atoms with Gasteiger partial charge in [-0.25, -0.2) is 0 Å². The zero-order chi connectivity index (χ0) is 32.5. The quantitative estimate of drug-likeness (QED) is 0.0969. The molecule has 2 aromatic rings. The van der Waals surface area contributed by atoms with E-state index in [1.807, 2.05) is 24.3 Å². The summed E-state index contributed by atoms with van der Waals surface area (Å²) in [4.78, 5) is 11.0. The molecule has 0 spiro atoms. The van der Waals surface area contributed by atoms with E-state index in [2.05, 4.69) is 13.0 Å². The van der Waals surface area contributed by atoms with E-state index < -0.39 is 5.97 Å². The van der Waals surface area contributed by atoms with Crippen molar-refractivity contribution in [3.8, 4) is 5.75 Å². The van der Waals surface area contributed by atoms with Gasteiger partial charge in [-0.2, -0.15) is 0 Å². The molecule has 5 heteroatoms. The minimum absolute atomic E-state index is 0.0374. The number of aromatic hydroxyl groups is 1. The molecule has 5 N–H and O–H groups in total. The van der Waals surface area contributed by atoms with E-state index in [4.69, 9.17) is 10.8 Å². The monoisotopic (exact) mass is 631 g/mol. The molecule has 46 heavy (non-hydrogen) atoms. The lowest BCUT2D eigenvalue weighted by molar-refractivity contribution is -0.136. The van der Waals surface area contributed by atoms with Crippen LogP contribution in [0.4, 0.5) is 5.69 Å². The summed E-state index contributed by atoms with van der Waals surface area (Å²) in [6.07, 6.45) is 24.9. The van der Waals surface area contributed by atoms with E-state index in [0.29, 0.717) is 35.1 Å². The van der Waals surface area contributed by atoms with Crippen molar-refractivity contribution in [2.24, 2.45) is 23.2 Å². The second-order valence-corrected chi connectivity index (χ2v) is 15.6. The predicted molar refractivity (Wildman–Crippen MR) is 188 cm³/mol. The Morgan fingerprint density at radius 2 is 1.48 bits per heavy atom. The first-order valence-electron chi connectivity index (χ1n) is 18.8. The number of rotatable bonds is 18. The second-order valence-electron chi connectivity index (χ2n) is 15.6. The van der Waals surface area contributed by atoms with Crippen LogP contribution < -0.4 is 5.73 Å². The van der Waals surface area contributed by atoms with Crippen LogP contribution in [0.2, 0.25) is 0 Å². The third-order valence-corrected chi connectivity index (χ3v) is 12.3. The molecule has 0 amide bonds. The van der Waals surface area contributed by atoms with Crippen molar-refractivity contribution in [3.05, 3.63) is 58.7 Å². The Morgan fingerprint density at radius 3 is 2.15 bits per heavy atom. The van der Waals surface area contributed by atoms with Crippen molar-refractivity contribution in [3.63, 3.8) is 0 Å². The van der Waals surface area contributed by atoms with Gasteiger partial charge in [0.1, 0.15) is 5.75 Å². The molecule has 5 rings (SSSR count). The number of aliphatic hydroxyl groups excluding tert-OH is 1. The lowest BCUT2D eigenvalue weighted by Crippen LogP contribution is -2.44. The fourth-order valence-corrected chi connectivity index (χ4v) is 9.89. The Labute approximate surface area is 278 Å². The van der Waals surface area contributed by atoms with Gasteiger partial charge in [-0.05, 0) is 127 Å². The third-order valence-electron chi connectivity index (χ3n) is 12.3. The van der Waals surface area contributed by atoms with Gasteiger partial charge in [-0.1, -0.05) is 96.1 Å². The number of phenolic OH excluding ortho intramolecular Hbond substituents is 1. The summed E-state index contributed by atoms with van der Waals surface area (Å²) in [6, 6.07) is 11.8. The van der Waals surface area contributed by atoms with Crippen molar-refractivity contribution in [2.75, 3.05) is 5.73 Å². The Bertz CT molecular complexity index is 1280. The molecule has 6 atom stereocenters. The number of carboxylic acid groups (broad SMARTS) is 1.